The van der Waals surface area contributed by atoms with Crippen molar-refractivity contribution in [3.05, 3.63) is 35.1 Å². The molecule has 1 saturated heterocycles. The Morgan fingerprint density at radius 3 is 2.39 bits per heavy atom. The first-order valence-electron chi connectivity index (χ1n) is 7.25. The van der Waals surface area contributed by atoms with Crippen LogP contribution in [0.25, 0.3) is 0 Å². The largest absolute Gasteiger partial charge is 0.419 e. The van der Waals surface area contributed by atoms with Crippen molar-refractivity contribution in [3.63, 3.8) is 0 Å². The maximum Gasteiger partial charge on any atom is 0.419 e. The van der Waals surface area contributed by atoms with E-state index in [1.165, 1.54) is 4.90 Å². The number of aliphatic hydroxyl groups excluding tert-OH is 1. The summed E-state index contributed by atoms with van der Waals surface area (Å²) in [6.45, 7) is 3.91. The molecule has 1 aromatic rings. The molecule has 0 unspecified atom stereocenters. The zero-order valence-corrected chi connectivity index (χ0v) is 12.6. The predicted molar refractivity (Wildman–Crippen MR) is 75.4 cm³/mol. The van der Waals surface area contributed by atoms with Crippen LogP contribution in [-0.2, 0) is 6.18 Å². The van der Waals surface area contributed by atoms with Gasteiger partial charge in [0.15, 0.2) is 0 Å². The third-order valence-corrected chi connectivity index (χ3v) is 3.70. The summed E-state index contributed by atoms with van der Waals surface area (Å²) in [7, 11) is 0. The maximum absolute atomic E-state index is 13.3. The number of rotatable bonds is 3. The molecule has 0 radical (unpaired) electrons. The quantitative estimate of drug-likeness (QED) is 0.860. The minimum Gasteiger partial charge on any atom is -0.392 e. The first kappa shape index (κ1) is 17.7. The zero-order chi connectivity index (χ0) is 17.2. The number of nitrogens with zero attached hydrogens (tertiary/aromatic N) is 2. The molecule has 0 aliphatic carbocycles. The highest BCUT2D eigenvalue weighted by Crippen LogP contribution is 2.32. The minimum absolute atomic E-state index is 0.178. The van der Waals surface area contributed by atoms with E-state index in [0.717, 1.165) is 6.07 Å². The standard InChI is InChI=1S/C15H18F4N2O2/c1-10(22)9-20-4-6-21(7-5-20)14(23)11-2-3-13(16)12(8-11)15(17,18)19/h2-3,8,10,22H,4-7,9H2,1H3/t10-/m1/s1. The van der Waals surface area contributed by atoms with Gasteiger partial charge in [-0.15, -0.1) is 0 Å². The van der Waals surface area contributed by atoms with Gasteiger partial charge in [0.1, 0.15) is 5.82 Å². The van der Waals surface area contributed by atoms with Crippen molar-refractivity contribution in [2.75, 3.05) is 32.7 Å². The van der Waals surface area contributed by atoms with E-state index in [9.17, 15) is 27.5 Å². The molecular weight excluding hydrogens is 316 g/mol. The van der Waals surface area contributed by atoms with E-state index in [0.29, 0.717) is 44.9 Å². The number of piperazine rings is 1. The summed E-state index contributed by atoms with van der Waals surface area (Å²) in [6, 6.07) is 2.29. The highest BCUT2D eigenvalue weighted by atomic mass is 19.4. The third kappa shape index (κ3) is 4.42. The molecule has 128 valence electrons. The van der Waals surface area contributed by atoms with Crippen LogP contribution in [0.5, 0.6) is 0 Å². The maximum atomic E-state index is 13.3. The van der Waals surface area contributed by atoms with E-state index in [1.807, 2.05) is 4.90 Å². The van der Waals surface area contributed by atoms with Crippen molar-refractivity contribution < 1.29 is 27.5 Å². The van der Waals surface area contributed by atoms with E-state index < -0.39 is 29.6 Å². The number of halogens is 4. The fourth-order valence-electron chi connectivity index (χ4n) is 2.57. The van der Waals surface area contributed by atoms with Crippen molar-refractivity contribution in [2.24, 2.45) is 0 Å². The van der Waals surface area contributed by atoms with Gasteiger partial charge in [-0.2, -0.15) is 13.2 Å². The molecule has 8 heteroatoms. The minimum atomic E-state index is -4.84. The fourth-order valence-corrected chi connectivity index (χ4v) is 2.57. The number of hydrogen-bond acceptors (Lipinski definition) is 3. The molecule has 0 aromatic heterocycles. The normalized spacial score (nSPS) is 18.1. The summed E-state index contributed by atoms with van der Waals surface area (Å²) in [5.41, 5.74) is -1.61. The van der Waals surface area contributed by atoms with Gasteiger partial charge in [0.05, 0.1) is 11.7 Å². The van der Waals surface area contributed by atoms with Crippen molar-refractivity contribution in [3.8, 4) is 0 Å². The summed E-state index contributed by atoms with van der Waals surface area (Å²) < 4.78 is 51.4. The van der Waals surface area contributed by atoms with Gasteiger partial charge in [0.25, 0.3) is 5.91 Å². The van der Waals surface area contributed by atoms with Gasteiger partial charge < -0.3 is 10.0 Å². The lowest BCUT2D eigenvalue weighted by atomic mass is 10.1. The monoisotopic (exact) mass is 334 g/mol. The van der Waals surface area contributed by atoms with E-state index in [2.05, 4.69) is 0 Å². The summed E-state index contributed by atoms with van der Waals surface area (Å²) in [5, 5.41) is 9.33. The van der Waals surface area contributed by atoms with Gasteiger partial charge in [0.2, 0.25) is 0 Å². The lowest BCUT2D eigenvalue weighted by Gasteiger charge is -2.35. The van der Waals surface area contributed by atoms with Crippen molar-refractivity contribution in [1.82, 2.24) is 9.80 Å². The second kappa shape index (κ2) is 6.84. The first-order valence-corrected chi connectivity index (χ1v) is 7.25. The van der Waals surface area contributed by atoms with Crippen LogP contribution in [0.2, 0.25) is 0 Å². The molecule has 4 nitrogen and oxygen atoms in total. The predicted octanol–water partition coefficient (Wildman–Crippen LogP) is 1.98. The Kier molecular flexibility index (Phi) is 5.26. The van der Waals surface area contributed by atoms with Crippen molar-refractivity contribution >= 4 is 5.91 Å². The van der Waals surface area contributed by atoms with Crippen LogP contribution in [0.4, 0.5) is 17.6 Å². The Bertz CT molecular complexity index is 567. The van der Waals surface area contributed by atoms with Crippen molar-refractivity contribution in [2.45, 2.75) is 19.2 Å². The summed E-state index contributed by atoms with van der Waals surface area (Å²) in [6.07, 6.45) is -5.32. The van der Waals surface area contributed by atoms with Crippen LogP contribution in [0.15, 0.2) is 18.2 Å². The molecule has 0 bridgehead atoms. The van der Waals surface area contributed by atoms with Crippen LogP contribution in [-0.4, -0.2) is 59.6 Å². The number of amides is 1. The third-order valence-electron chi connectivity index (χ3n) is 3.70. The lowest BCUT2D eigenvalue weighted by Crippen LogP contribution is -2.50. The average molecular weight is 334 g/mol. The second-order valence-corrected chi connectivity index (χ2v) is 5.63. The average Bonchev–Trinajstić information content (AvgIpc) is 2.46. The van der Waals surface area contributed by atoms with E-state index >= 15 is 0 Å². The highest BCUT2D eigenvalue weighted by molar-refractivity contribution is 5.94. The molecule has 0 spiro atoms. The molecule has 1 atom stereocenters. The molecule has 1 amide bonds. The highest BCUT2D eigenvalue weighted by Gasteiger charge is 2.35. The Hall–Kier alpha value is -1.67. The van der Waals surface area contributed by atoms with Crippen LogP contribution >= 0.6 is 0 Å². The SMILES string of the molecule is C[C@@H](O)CN1CCN(C(=O)c2ccc(F)c(C(F)(F)F)c2)CC1. The van der Waals surface area contributed by atoms with Gasteiger partial charge in [-0.3, -0.25) is 9.69 Å². The number of aliphatic hydroxyl groups is 1. The number of hydrogen-bond donors (Lipinski definition) is 1. The van der Waals surface area contributed by atoms with Crippen LogP contribution in [0, 0.1) is 5.82 Å². The Balaban J connectivity index is 2.07. The lowest BCUT2D eigenvalue weighted by molar-refractivity contribution is -0.140. The van der Waals surface area contributed by atoms with Gasteiger partial charge in [-0.05, 0) is 25.1 Å². The number of carbonyl (C=O) groups excluding carboxylic acids is 1. The number of carbonyl (C=O) groups is 1. The Morgan fingerprint density at radius 1 is 1.26 bits per heavy atom. The van der Waals surface area contributed by atoms with Gasteiger partial charge in [0, 0.05) is 38.3 Å². The molecule has 1 aliphatic heterocycles. The summed E-state index contributed by atoms with van der Waals surface area (Å²) in [4.78, 5) is 15.7. The summed E-state index contributed by atoms with van der Waals surface area (Å²) >= 11 is 0. The Morgan fingerprint density at radius 2 is 1.87 bits per heavy atom. The van der Waals surface area contributed by atoms with Gasteiger partial charge in [-0.1, -0.05) is 0 Å². The van der Waals surface area contributed by atoms with E-state index in [-0.39, 0.29) is 5.56 Å². The van der Waals surface area contributed by atoms with Crippen molar-refractivity contribution in [1.29, 1.82) is 0 Å². The van der Waals surface area contributed by atoms with E-state index in [4.69, 9.17) is 0 Å². The van der Waals surface area contributed by atoms with Crippen LogP contribution < -0.4 is 0 Å². The molecule has 0 saturated carbocycles. The fraction of sp³-hybridized carbons (Fsp3) is 0.533. The van der Waals surface area contributed by atoms with Gasteiger partial charge >= 0.3 is 6.18 Å². The molecule has 1 heterocycles. The summed E-state index contributed by atoms with van der Waals surface area (Å²) in [5.74, 6) is -1.94. The number of alkyl halides is 3. The molecule has 1 aromatic carbocycles. The van der Waals surface area contributed by atoms with Gasteiger partial charge in [-0.25, -0.2) is 4.39 Å². The molecule has 1 N–H and O–H groups in total. The molecule has 2 rings (SSSR count). The van der Waals surface area contributed by atoms with Crippen LogP contribution in [0.1, 0.15) is 22.8 Å². The molecular formula is C15H18F4N2O2. The van der Waals surface area contributed by atoms with Crippen LogP contribution in [0.3, 0.4) is 0 Å². The topological polar surface area (TPSA) is 43.8 Å². The number of β-amino-alcohol motifs (C(OH)–C–C–N with tert-alkyl or cyclic N) is 1. The number of benzene rings is 1. The van der Waals surface area contributed by atoms with E-state index in [1.54, 1.807) is 6.92 Å². The molecule has 1 fully saturated rings. The molecule has 1 aliphatic rings. The smallest absolute Gasteiger partial charge is 0.392 e. The Labute approximate surface area is 131 Å². The second-order valence-electron chi connectivity index (χ2n) is 5.63. The zero-order valence-electron chi connectivity index (χ0n) is 12.6. The molecule has 23 heavy (non-hydrogen) atoms. The first-order chi connectivity index (χ1) is 10.7.